The van der Waals surface area contributed by atoms with Gasteiger partial charge in [-0.05, 0) is 23.3 Å². The molecule has 22 heavy (non-hydrogen) atoms. The van der Waals surface area contributed by atoms with Gasteiger partial charge in [0.25, 0.3) is 0 Å². The third-order valence-corrected chi connectivity index (χ3v) is 4.79. The monoisotopic (exact) mass is 313 g/mol. The summed E-state index contributed by atoms with van der Waals surface area (Å²) in [6.45, 7) is 3.64. The number of thioether (sulfide) groups is 1. The number of fused-ring (bicyclic) bond motifs is 1. The van der Waals surface area contributed by atoms with Gasteiger partial charge in [-0.25, -0.2) is 0 Å². The summed E-state index contributed by atoms with van der Waals surface area (Å²) in [4.78, 5) is 0. The lowest BCUT2D eigenvalue weighted by atomic mass is 10.1. The first-order valence-electron chi connectivity index (χ1n) is 7.30. The fourth-order valence-electron chi connectivity index (χ4n) is 2.37. The Bertz CT molecular complexity index is 756. The zero-order chi connectivity index (χ0) is 15.4. The molecule has 0 spiro atoms. The number of benzene rings is 2. The molecule has 4 nitrogen and oxygen atoms in total. The van der Waals surface area contributed by atoms with E-state index in [1.54, 1.807) is 25.2 Å². The van der Waals surface area contributed by atoms with Crippen molar-refractivity contribution in [2.45, 2.75) is 23.9 Å². The minimum absolute atomic E-state index is 0.315. The molecular weight excluding hydrogens is 294 g/mol. The Balaban J connectivity index is 1.78. The second kappa shape index (κ2) is 6.94. The fourth-order valence-corrected chi connectivity index (χ4v) is 3.33. The molecule has 2 aromatic carbocycles. The molecule has 1 aromatic heterocycles. The van der Waals surface area contributed by atoms with Crippen LogP contribution >= 0.6 is 11.8 Å². The van der Waals surface area contributed by atoms with Crippen molar-refractivity contribution in [1.82, 2.24) is 14.8 Å². The van der Waals surface area contributed by atoms with Crippen molar-refractivity contribution in [2.24, 2.45) is 0 Å². The van der Waals surface area contributed by atoms with E-state index in [1.807, 2.05) is 4.57 Å². The highest BCUT2D eigenvalue weighted by Gasteiger charge is 2.13. The normalized spacial score (nSPS) is 12.6. The Kier molecular flexibility index (Phi) is 4.75. The molecule has 114 valence electrons. The molecule has 1 unspecified atom stereocenters. The Hall–Kier alpha value is -1.85. The smallest absolute Gasteiger partial charge is 0.191 e. The van der Waals surface area contributed by atoms with Crippen molar-refractivity contribution in [3.8, 4) is 0 Å². The van der Waals surface area contributed by atoms with Crippen molar-refractivity contribution in [2.75, 3.05) is 13.7 Å². The molecule has 0 fully saturated rings. The van der Waals surface area contributed by atoms with E-state index in [0.717, 1.165) is 11.7 Å². The summed E-state index contributed by atoms with van der Waals surface area (Å²) >= 11 is 1.72. The van der Waals surface area contributed by atoms with Gasteiger partial charge in [-0.3, -0.25) is 0 Å². The molecule has 0 N–H and O–H groups in total. The molecular formula is C17H19N3OS. The maximum absolute atomic E-state index is 5.12. The van der Waals surface area contributed by atoms with Crippen molar-refractivity contribution in [3.63, 3.8) is 0 Å². The molecule has 3 rings (SSSR count). The minimum atomic E-state index is 0.315. The average molecular weight is 313 g/mol. The molecule has 1 atom stereocenters. The summed E-state index contributed by atoms with van der Waals surface area (Å²) in [5, 5.41) is 12.0. The van der Waals surface area contributed by atoms with Crippen molar-refractivity contribution in [1.29, 1.82) is 0 Å². The van der Waals surface area contributed by atoms with E-state index in [4.69, 9.17) is 4.74 Å². The van der Waals surface area contributed by atoms with E-state index in [9.17, 15) is 0 Å². The molecule has 1 heterocycles. The van der Waals surface area contributed by atoms with Crippen LogP contribution in [-0.4, -0.2) is 28.5 Å². The fraction of sp³-hybridized carbons (Fsp3) is 0.294. The largest absolute Gasteiger partial charge is 0.383 e. The first kappa shape index (κ1) is 15.1. The number of ether oxygens (including phenoxy) is 1. The summed E-state index contributed by atoms with van der Waals surface area (Å²) in [5.74, 6) is 0. The van der Waals surface area contributed by atoms with Gasteiger partial charge in [-0.1, -0.05) is 54.2 Å². The standard InChI is InChI=1S/C17H19N3OS/c1-13(22-17-19-18-12-20(17)9-10-21-2)15-8-7-14-5-3-4-6-16(14)11-15/h3-8,11-13H,9-10H2,1-2H3. The molecule has 0 aliphatic carbocycles. The summed E-state index contributed by atoms with van der Waals surface area (Å²) in [6, 6.07) is 15.1. The molecule has 0 amide bonds. The number of rotatable bonds is 6. The lowest BCUT2D eigenvalue weighted by Crippen LogP contribution is -2.05. The van der Waals surface area contributed by atoms with E-state index in [0.29, 0.717) is 11.9 Å². The highest BCUT2D eigenvalue weighted by atomic mass is 32.2. The number of methoxy groups -OCH3 is 1. The van der Waals surface area contributed by atoms with Crippen molar-refractivity contribution >= 4 is 22.5 Å². The summed E-state index contributed by atoms with van der Waals surface area (Å²) in [7, 11) is 1.70. The lowest BCUT2D eigenvalue weighted by molar-refractivity contribution is 0.184. The second-order valence-electron chi connectivity index (χ2n) is 5.17. The number of aromatic nitrogens is 3. The Morgan fingerprint density at radius 1 is 1.18 bits per heavy atom. The molecule has 0 bridgehead atoms. The number of nitrogens with zero attached hydrogens (tertiary/aromatic N) is 3. The van der Waals surface area contributed by atoms with Crippen molar-refractivity contribution in [3.05, 3.63) is 54.4 Å². The topological polar surface area (TPSA) is 39.9 Å². The zero-order valence-electron chi connectivity index (χ0n) is 12.8. The zero-order valence-corrected chi connectivity index (χ0v) is 13.6. The van der Waals surface area contributed by atoms with Gasteiger partial charge in [0.2, 0.25) is 0 Å². The molecule has 0 aliphatic heterocycles. The van der Waals surface area contributed by atoms with Gasteiger partial charge < -0.3 is 9.30 Å². The van der Waals surface area contributed by atoms with Crippen LogP contribution in [0.15, 0.2) is 53.9 Å². The van der Waals surface area contributed by atoms with Crippen molar-refractivity contribution < 1.29 is 4.74 Å². The van der Waals surface area contributed by atoms with Crippen LogP contribution < -0.4 is 0 Å². The van der Waals surface area contributed by atoms with Crippen LogP contribution in [0, 0.1) is 0 Å². The third kappa shape index (κ3) is 3.31. The molecule has 0 saturated carbocycles. The predicted octanol–water partition coefficient (Wildman–Crippen LogP) is 3.93. The van der Waals surface area contributed by atoms with Crippen LogP contribution in [0.2, 0.25) is 0 Å². The van der Waals surface area contributed by atoms with Gasteiger partial charge in [0.05, 0.1) is 6.61 Å². The van der Waals surface area contributed by atoms with E-state index < -0.39 is 0 Å². The molecule has 3 aromatic rings. The highest BCUT2D eigenvalue weighted by molar-refractivity contribution is 7.99. The molecule has 0 saturated heterocycles. The summed E-state index contributed by atoms with van der Waals surface area (Å²) in [6.07, 6.45) is 1.76. The van der Waals surface area contributed by atoms with E-state index in [1.165, 1.54) is 16.3 Å². The van der Waals surface area contributed by atoms with Crippen LogP contribution in [0.5, 0.6) is 0 Å². The lowest BCUT2D eigenvalue weighted by Gasteiger charge is -2.13. The van der Waals surface area contributed by atoms with Gasteiger partial charge in [-0.15, -0.1) is 10.2 Å². The number of hydrogen-bond donors (Lipinski definition) is 0. The Labute approximate surface area is 134 Å². The van der Waals surface area contributed by atoms with Gasteiger partial charge >= 0.3 is 0 Å². The Morgan fingerprint density at radius 3 is 2.82 bits per heavy atom. The second-order valence-corrected chi connectivity index (χ2v) is 6.47. The summed E-state index contributed by atoms with van der Waals surface area (Å²) in [5.41, 5.74) is 1.30. The number of hydrogen-bond acceptors (Lipinski definition) is 4. The van der Waals surface area contributed by atoms with E-state index >= 15 is 0 Å². The highest BCUT2D eigenvalue weighted by Crippen LogP contribution is 2.34. The van der Waals surface area contributed by atoms with Crippen LogP contribution in [0.25, 0.3) is 10.8 Å². The maximum atomic E-state index is 5.12. The SMILES string of the molecule is COCCn1cnnc1SC(C)c1ccc2ccccc2c1. The van der Waals surface area contributed by atoms with Crippen LogP contribution in [-0.2, 0) is 11.3 Å². The average Bonchev–Trinajstić information content (AvgIpc) is 2.99. The van der Waals surface area contributed by atoms with Crippen LogP contribution in [0.4, 0.5) is 0 Å². The first-order valence-corrected chi connectivity index (χ1v) is 8.18. The molecule has 0 radical (unpaired) electrons. The minimum Gasteiger partial charge on any atom is -0.383 e. The van der Waals surface area contributed by atoms with Crippen LogP contribution in [0.3, 0.4) is 0 Å². The van der Waals surface area contributed by atoms with Crippen LogP contribution in [0.1, 0.15) is 17.7 Å². The van der Waals surface area contributed by atoms with E-state index in [2.05, 4.69) is 59.6 Å². The third-order valence-electron chi connectivity index (χ3n) is 3.64. The predicted molar refractivity (Wildman–Crippen MR) is 90.1 cm³/mol. The summed E-state index contributed by atoms with van der Waals surface area (Å²) < 4.78 is 7.16. The molecule has 5 heteroatoms. The van der Waals surface area contributed by atoms with E-state index in [-0.39, 0.29) is 0 Å². The Morgan fingerprint density at radius 2 is 2.00 bits per heavy atom. The maximum Gasteiger partial charge on any atom is 0.191 e. The van der Waals surface area contributed by atoms with Gasteiger partial charge in [0.15, 0.2) is 5.16 Å². The van der Waals surface area contributed by atoms with Gasteiger partial charge in [0, 0.05) is 18.9 Å². The first-order chi connectivity index (χ1) is 10.8. The molecule has 0 aliphatic rings. The van der Waals surface area contributed by atoms with Gasteiger partial charge in [-0.2, -0.15) is 0 Å². The van der Waals surface area contributed by atoms with Gasteiger partial charge in [0.1, 0.15) is 6.33 Å². The quantitative estimate of drug-likeness (QED) is 0.646.